The summed E-state index contributed by atoms with van der Waals surface area (Å²) in [6.45, 7) is -0.0140. The third-order valence-electron chi connectivity index (χ3n) is 2.34. The van der Waals surface area contributed by atoms with Gasteiger partial charge in [0.05, 0.1) is 12.9 Å². The zero-order valence-electron chi connectivity index (χ0n) is 11.2. The topological polar surface area (TPSA) is 89.9 Å². The first-order valence-corrected chi connectivity index (χ1v) is 7.77. The smallest absolute Gasteiger partial charge is 0.328 e. The maximum Gasteiger partial charge on any atom is 0.328 e. The maximum atomic E-state index is 11.0. The molecule has 20 heavy (non-hydrogen) atoms. The second kappa shape index (κ2) is 6.95. The lowest BCUT2D eigenvalue weighted by atomic mass is 10.1. The van der Waals surface area contributed by atoms with Gasteiger partial charge >= 0.3 is 5.97 Å². The lowest BCUT2D eigenvalue weighted by Crippen LogP contribution is -2.12. The number of aliphatic carboxylic acids is 1. The molecule has 0 bridgehead atoms. The van der Waals surface area contributed by atoms with E-state index < -0.39 is 15.8 Å². The van der Waals surface area contributed by atoms with Gasteiger partial charge in [0.15, 0.2) is 9.84 Å². The van der Waals surface area contributed by atoms with Crippen LogP contribution in [0.4, 0.5) is 0 Å². The molecule has 0 radical (unpaired) electrons. The lowest BCUT2D eigenvalue weighted by Gasteiger charge is -2.10. The van der Waals surface area contributed by atoms with Crippen LogP contribution >= 0.6 is 0 Å². The molecule has 0 amide bonds. The number of carboxylic acid groups (broad SMARTS) is 1. The zero-order valence-corrected chi connectivity index (χ0v) is 12.0. The normalized spacial score (nSPS) is 11.5. The number of methoxy groups -OCH3 is 1. The molecule has 0 saturated carbocycles. The quantitative estimate of drug-likeness (QED) is 0.761. The monoisotopic (exact) mass is 300 g/mol. The third-order valence-corrected chi connectivity index (χ3v) is 3.25. The molecular weight excluding hydrogens is 284 g/mol. The van der Waals surface area contributed by atoms with Crippen LogP contribution < -0.4 is 9.47 Å². The first-order valence-electron chi connectivity index (χ1n) is 5.71. The summed E-state index contributed by atoms with van der Waals surface area (Å²) in [5.74, 6) is -0.299. The van der Waals surface area contributed by atoms with E-state index in [0.717, 1.165) is 12.3 Å². The first kappa shape index (κ1) is 16.0. The second-order valence-corrected chi connectivity index (χ2v) is 6.31. The molecule has 0 aliphatic heterocycles. The highest BCUT2D eigenvalue weighted by atomic mass is 32.2. The number of benzene rings is 1. The standard InChI is InChI=1S/C13H16O6S/c1-18-11-5-3-10(4-6-13(14)15)12(9-11)19-7-8-20(2,16)17/h3-6,9H,7-8H2,1-2H3,(H,14,15). The minimum absolute atomic E-state index is 0.0140. The molecule has 1 rings (SSSR count). The van der Waals surface area contributed by atoms with Crippen molar-refractivity contribution in [3.8, 4) is 11.5 Å². The predicted octanol–water partition coefficient (Wildman–Crippen LogP) is 1.22. The molecule has 0 aromatic heterocycles. The minimum Gasteiger partial charge on any atom is -0.497 e. The van der Waals surface area contributed by atoms with Crippen LogP contribution in [0.15, 0.2) is 24.3 Å². The van der Waals surface area contributed by atoms with Gasteiger partial charge in [0.1, 0.15) is 18.1 Å². The highest BCUT2D eigenvalue weighted by Gasteiger charge is 2.07. The Hall–Kier alpha value is -2.02. The van der Waals surface area contributed by atoms with Crippen LogP contribution in [0.3, 0.4) is 0 Å². The van der Waals surface area contributed by atoms with Crippen LogP contribution in [-0.4, -0.2) is 45.2 Å². The number of carboxylic acids is 1. The van der Waals surface area contributed by atoms with Crippen molar-refractivity contribution in [2.45, 2.75) is 0 Å². The molecule has 1 aromatic carbocycles. The van der Waals surface area contributed by atoms with Gasteiger partial charge in [0.2, 0.25) is 0 Å². The minimum atomic E-state index is -3.12. The molecule has 1 aromatic rings. The highest BCUT2D eigenvalue weighted by molar-refractivity contribution is 7.90. The van der Waals surface area contributed by atoms with Crippen molar-refractivity contribution >= 4 is 21.9 Å². The molecule has 0 heterocycles. The fourth-order valence-electron chi connectivity index (χ4n) is 1.37. The number of hydrogen-bond acceptors (Lipinski definition) is 5. The Balaban J connectivity index is 2.91. The molecule has 0 saturated heterocycles. The largest absolute Gasteiger partial charge is 0.497 e. The van der Waals surface area contributed by atoms with Crippen LogP contribution in [-0.2, 0) is 14.6 Å². The summed E-state index contributed by atoms with van der Waals surface area (Å²) in [7, 11) is -1.63. The van der Waals surface area contributed by atoms with Gasteiger partial charge in [-0.15, -0.1) is 0 Å². The average Bonchev–Trinajstić information content (AvgIpc) is 2.35. The molecular formula is C13H16O6S. The van der Waals surface area contributed by atoms with Crippen molar-refractivity contribution in [1.29, 1.82) is 0 Å². The SMILES string of the molecule is COc1ccc(C=CC(=O)O)c(OCCS(C)(=O)=O)c1. The van der Waals surface area contributed by atoms with Crippen LogP contribution in [0.25, 0.3) is 6.08 Å². The number of ether oxygens (including phenoxy) is 2. The lowest BCUT2D eigenvalue weighted by molar-refractivity contribution is -0.131. The molecule has 0 aliphatic rings. The Morgan fingerprint density at radius 3 is 2.65 bits per heavy atom. The third kappa shape index (κ3) is 5.75. The number of sulfone groups is 1. The molecule has 0 unspecified atom stereocenters. The van der Waals surface area contributed by atoms with Gasteiger partial charge < -0.3 is 14.6 Å². The Labute approximate surface area is 117 Å². The van der Waals surface area contributed by atoms with Gasteiger partial charge in [-0.2, -0.15) is 0 Å². The number of rotatable bonds is 7. The first-order chi connectivity index (χ1) is 9.31. The van der Waals surface area contributed by atoms with E-state index in [4.69, 9.17) is 14.6 Å². The Kier molecular flexibility index (Phi) is 5.57. The summed E-state index contributed by atoms with van der Waals surface area (Å²) in [5, 5.41) is 8.62. The summed E-state index contributed by atoms with van der Waals surface area (Å²) in [4.78, 5) is 10.5. The van der Waals surface area contributed by atoms with E-state index in [9.17, 15) is 13.2 Å². The summed E-state index contributed by atoms with van der Waals surface area (Å²) in [6, 6.07) is 4.86. The molecule has 0 aliphatic carbocycles. The van der Waals surface area contributed by atoms with E-state index in [2.05, 4.69) is 0 Å². The Morgan fingerprint density at radius 2 is 2.10 bits per heavy atom. The van der Waals surface area contributed by atoms with Crippen molar-refractivity contribution in [2.75, 3.05) is 25.7 Å². The van der Waals surface area contributed by atoms with Gasteiger partial charge in [-0.3, -0.25) is 0 Å². The van der Waals surface area contributed by atoms with E-state index in [-0.39, 0.29) is 12.4 Å². The van der Waals surface area contributed by atoms with Crippen LogP contribution in [0, 0.1) is 0 Å². The molecule has 0 fully saturated rings. The maximum absolute atomic E-state index is 11.0. The van der Waals surface area contributed by atoms with Crippen molar-refractivity contribution < 1.29 is 27.8 Å². The fraction of sp³-hybridized carbons (Fsp3) is 0.308. The fourth-order valence-corrected chi connectivity index (χ4v) is 1.75. The van der Waals surface area contributed by atoms with Crippen LogP contribution in [0.5, 0.6) is 11.5 Å². The Bertz CT molecular complexity index is 603. The van der Waals surface area contributed by atoms with Gasteiger partial charge in [0, 0.05) is 24.0 Å². The van der Waals surface area contributed by atoms with Crippen LogP contribution in [0.2, 0.25) is 0 Å². The van der Waals surface area contributed by atoms with Crippen molar-refractivity contribution in [2.24, 2.45) is 0 Å². The van der Waals surface area contributed by atoms with Crippen LogP contribution in [0.1, 0.15) is 5.56 Å². The van der Waals surface area contributed by atoms with Gasteiger partial charge in [0.25, 0.3) is 0 Å². The van der Waals surface area contributed by atoms with E-state index >= 15 is 0 Å². The summed E-state index contributed by atoms with van der Waals surface area (Å²) in [6.07, 6.45) is 3.47. The molecule has 0 atom stereocenters. The highest BCUT2D eigenvalue weighted by Crippen LogP contribution is 2.26. The average molecular weight is 300 g/mol. The summed E-state index contributed by atoms with van der Waals surface area (Å²) >= 11 is 0. The van der Waals surface area contributed by atoms with Gasteiger partial charge in [-0.1, -0.05) is 0 Å². The van der Waals surface area contributed by atoms with Crippen molar-refractivity contribution in [3.63, 3.8) is 0 Å². The van der Waals surface area contributed by atoms with E-state index in [1.807, 2.05) is 0 Å². The number of hydrogen-bond donors (Lipinski definition) is 1. The molecule has 6 nitrogen and oxygen atoms in total. The summed E-state index contributed by atoms with van der Waals surface area (Å²) in [5.41, 5.74) is 0.529. The van der Waals surface area contributed by atoms with E-state index in [0.29, 0.717) is 17.1 Å². The van der Waals surface area contributed by atoms with E-state index in [1.165, 1.54) is 13.2 Å². The van der Waals surface area contributed by atoms with Gasteiger partial charge in [-0.05, 0) is 18.2 Å². The molecule has 1 N–H and O–H groups in total. The number of carbonyl (C=O) groups is 1. The zero-order chi connectivity index (χ0) is 15.2. The van der Waals surface area contributed by atoms with Crippen molar-refractivity contribution in [1.82, 2.24) is 0 Å². The summed E-state index contributed by atoms with van der Waals surface area (Å²) < 4.78 is 32.5. The molecule has 7 heteroatoms. The second-order valence-electron chi connectivity index (χ2n) is 4.05. The molecule has 0 spiro atoms. The van der Waals surface area contributed by atoms with E-state index in [1.54, 1.807) is 18.2 Å². The predicted molar refractivity (Wildman–Crippen MR) is 74.9 cm³/mol. The molecule has 110 valence electrons. The van der Waals surface area contributed by atoms with Gasteiger partial charge in [-0.25, -0.2) is 13.2 Å². The van der Waals surface area contributed by atoms with Crippen molar-refractivity contribution in [3.05, 3.63) is 29.8 Å². The Morgan fingerprint density at radius 1 is 1.40 bits per heavy atom.